The van der Waals surface area contributed by atoms with Crippen LogP contribution in [0.15, 0.2) is 15.9 Å². The second-order valence-corrected chi connectivity index (χ2v) is 8.40. The van der Waals surface area contributed by atoms with Crippen LogP contribution < -0.4 is 10.6 Å². The fourth-order valence-electron chi connectivity index (χ4n) is 3.44. The first-order valence-corrected chi connectivity index (χ1v) is 9.11. The Balaban J connectivity index is 1.43. The summed E-state index contributed by atoms with van der Waals surface area (Å²) >= 11 is 5.20. The van der Waals surface area contributed by atoms with Crippen LogP contribution in [0.3, 0.4) is 0 Å². The Bertz CT molecular complexity index is 462. The molecular formula is C15H21BrN2OS. The number of hydrogen-bond acceptors (Lipinski definition) is 3. The summed E-state index contributed by atoms with van der Waals surface area (Å²) in [5, 5.41) is 6.61. The Morgan fingerprint density at radius 1 is 1.40 bits per heavy atom. The molecule has 2 fully saturated rings. The molecule has 1 aliphatic carbocycles. The van der Waals surface area contributed by atoms with Crippen LogP contribution in [0.4, 0.5) is 0 Å². The summed E-state index contributed by atoms with van der Waals surface area (Å²) < 4.78 is 1.15. The van der Waals surface area contributed by atoms with E-state index in [9.17, 15) is 4.79 Å². The van der Waals surface area contributed by atoms with Gasteiger partial charge in [0.25, 0.3) is 0 Å². The number of carbonyl (C=O) groups excluding carboxylic acids is 1. The van der Waals surface area contributed by atoms with Gasteiger partial charge in [-0.1, -0.05) is 12.8 Å². The molecule has 20 heavy (non-hydrogen) atoms. The number of rotatable bonds is 4. The molecule has 0 aromatic carbocycles. The van der Waals surface area contributed by atoms with Crippen LogP contribution in [0.5, 0.6) is 0 Å². The topological polar surface area (TPSA) is 41.1 Å². The van der Waals surface area contributed by atoms with Crippen molar-refractivity contribution in [3.8, 4) is 0 Å². The molecule has 3 rings (SSSR count). The molecule has 2 aliphatic rings. The Morgan fingerprint density at radius 3 is 3.00 bits per heavy atom. The van der Waals surface area contributed by atoms with E-state index in [0.29, 0.717) is 6.04 Å². The van der Waals surface area contributed by atoms with E-state index < -0.39 is 0 Å². The van der Waals surface area contributed by atoms with Gasteiger partial charge in [0.05, 0.1) is 9.83 Å². The van der Waals surface area contributed by atoms with Gasteiger partial charge >= 0.3 is 0 Å². The fourth-order valence-corrected chi connectivity index (χ4v) is 4.92. The van der Waals surface area contributed by atoms with Gasteiger partial charge in [-0.3, -0.25) is 4.79 Å². The van der Waals surface area contributed by atoms with E-state index in [4.69, 9.17) is 0 Å². The Kier molecular flexibility index (Phi) is 4.79. The first-order valence-electron chi connectivity index (χ1n) is 7.50. The summed E-state index contributed by atoms with van der Waals surface area (Å²) in [4.78, 5) is 13.5. The van der Waals surface area contributed by atoms with Crippen molar-refractivity contribution in [3.05, 3.63) is 20.8 Å². The van der Waals surface area contributed by atoms with Gasteiger partial charge in [-0.2, -0.15) is 0 Å². The van der Waals surface area contributed by atoms with E-state index in [0.717, 1.165) is 29.1 Å². The fraction of sp³-hybridized carbons (Fsp3) is 0.667. The van der Waals surface area contributed by atoms with E-state index in [-0.39, 0.29) is 11.9 Å². The van der Waals surface area contributed by atoms with Crippen molar-refractivity contribution >= 4 is 33.2 Å². The minimum Gasteiger partial charge on any atom is -0.354 e. The number of hydrogen-bond donors (Lipinski definition) is 2. The molecule has 1 saturated heterocycles. The zero-order valence-corrected chi connectivity index (χ0v) is 13.9. The number of nitrogens with one attached hydrogen (secondary N) is 2. The first kappa shape index (κ1) is 14.5. The van der Waals surface area contributed by atoms with Crippen LogP contribution in [0.1, 0.15) is 37.0 Å². The number of amides is 1. The predicted molar refractivity (Wildman–Crippen MR) is 86.0 cm³/mol. The number of halogens is 1. The molecule has 1 aromatic heterocycles. The molecule has 1 aliphatic heterocycles. The summed E-state index contributed by atoms with van der Waals surface area (Å²) in [5.74, 6) is 0.919. The minimum atomic E-state index is 0.0400. The minimum absolute atomic E-state index is 0.0400. The third-order valence-corrected chi connectivity index (χ3v) is 6.16. The third kappa shape index (κ3) is 3.43. The normalized spacial score (nSPS) is 29.1. The smallest absolute Gasteiger partial charge is 0.237 e. The van der Waals surface area contributed by atoms with Gasteiger partial charge < -0.3 is 10.6 Å². The maximum Gasteiger partial charge on any atom is 0.237 e. The van der Waals surface area contributed by atoms with E-state index in [1.54, 1.807) is 11.3 Å². The molecule has 0 radical (unpaired) electrons. The average molecular weight is 357 g/mol. The van der Waals surface area contributed by atoms with Gasteiger partial charge in [-0.05, 0) is 59.7 Å². The summed E-state index contributed by atoms with van der Waals surface area (Å²) in [6.45, 7) is 0.735. The molecule has 3 atom stereocenters. The molecule has 1 saturated carbocycles. The van der Waals surface area contributed by atoms with Crippen molar-refractivity contribution < 1.29 is 4.79 Å². The zero-order valence-electron chi connectivity index (χ0n) is 11.5. The first-order chi connectivity index (χ1) is 9.72. The van der Waals surface area contributed by atoms with Crippen LogP contribution in [0, 0.1) is 5.92 Å². The number of thiophene rings is 1. The Hall–Kier alpha value is -0.390. The van der Waals surface area contributed by atoms with E-state index in [2.05, 4.69) is 38.7 Å². The van der Waals surface area contributed by atoms with Crippen molar-refractivity contribution in [2.45, 2.75) is 50.6 Å². The van der Waals surface area contributed by atoms with Gasteiger partial charge in [0.15, 0.2) is 0 Å². The lowest BCUT2D eigenvalue weighted by Gasteiger charge is -2.24. The second-order valence-electron chi connectivity index (χ2n) is 5.85. The highest BCUT2D eigenvalue weighted by Gasteiger charge is 2.37. The van der Waals surface area contributed by atoms with E-state index in [1.807, 2.05) is 0 Å². The maximum absolute atomic E-state index is 12.2. The lowest BCUT2D eigenvalue weighted by Crippen LogP contribution is -2.43. The molecule has 1 amide bonds. The molecule has 0 bridgehead atoms. The van der Waals surface area contributed by atoms with Gasteiger partial charge in [0, 0.05) is 17.5 Å². The lowest BCUT2D eigenvalue weighted by atomic mass is 9.85. The van der Waals surface area contributed by atoms with Gasteiger partial charge in [0.2, 0.25) is 5.91 Å². The number of fused-ring (bicyclic) bond motifs is 1. The van der Waals surface area contributed by atoms with E-state index >= 15 is 0 Å². The number of carbonyl (C=O) groups is 1. The van der Waals surface area contributed by atoms with Crippen LogP contribution in [0.2, 0.25) is 0 Å². The highest BCUT2D eigenvalue weighted by molar-refractivity contribution is 9.11. The molecule has 2 N–H and O–H groups in total. The SMILES string of the molecule is O=C(NCCc1ccc(Br)s1)C1CC2CCCCC2N1. The van der Waals surface area contributed by atoms with Crippen LogP contribution in [-0.2, 0) is 11.2 Å². The zero-order chi connectivity index (χ0) is 13.9. The maximum atomic E-state index is 12.2. The van der Waals surface area contributed by atoms with Crippen molar-refractivity contribution in [2.75, 3.05) is 6.54 Å². The molecule has 3 unspecified atom stereocenters. The highest BCUT2D eigenvalue weighted by Crippen LogP contribution is 2.33. The molecule has 0 spiro atoms. The second kappa shape index (κ2) is 6.58. The quantitative estimate of drug-likeness (QED) is 0.870. The molecular weight excluding hydrogens is 336 g/mol. The summed E-state index contributed by atoms with van der Waals surface area (Å²) in [6.07, 6.45) is 7.14. The van der Waals surface area contributed by atoms with Gasteiger partial charge in [-0.25, -0.2) is 0 Å². The highest BCUT2D eigenvalue weighted by atomic mass is 79.9. The molecule has 5 heteroatoms. The summed E-state index contributed by atoms with van der Waals surface area (Å²) in [6, 6.07) is 4.81. The largest absolute Gasteiger partial charge is 0.354 e. The Labute approximate surface area is 132 Å². The van der Waals surface area contributed by atoms with Crippen LogP contribution in [0.25, 0.3) is 0 Å². The van der Waals surface area contributed by atoms with Crippen molar-refractivity contribution in [3.63, 3.8) is 0 Å². The van der Waals surface area contributed by atoms with Gasteiger partial charge in [-0.15, -0.1) is 11.3 Å². The van der Waals surface area contributed by atoms with Gasteiger partial charge in [0.1, 0.15) is 0 Å². The summed E-state index contributed by atoms with van der Waals surface area (Å²) in [7, 11) is 0. The van der Waals surface area contributed by atoms with Crippen molar-refractivity contribution in [1.82, 2.24) is 10.6 Å². The lowest BCUT2D eigenvalue weighted by molar-refractivity contribution is -0.122. The monoisotopic (exact) mass is 356 g/mol. The average Bonchev–Trinajstić information content (AvgIpc) is 3.04. The standard InChI is InChI=1S/C15H21BrN2OS/c16-14-6-5-11(20-14)7-8-17-15(19)13-9-10-3-1-2-4-12(10)18-13/h5-6,10,12-13,18H,1-4,7-9H2,(H,17,19). The Morgan fingerprint density at radius 2 is 2.25 bits per heavy atom. The molecule has 2 heterocycles. The summed E-state index contributed by atoms with van der Waals surface area (Å²) in [5.41, 5.74) is 0. The molecule has 110 valence electrons. The third-order valence-electron chi connectivity index (χ3n) is 4.48. The molecule has 3 nitrogen and oxygen atoms in total. The van der Waals surface area contributed by atoms with Crippen molar-refractivity contribution in [2.24, 2.45) is 5.92 Å². The van der Waals surface area contributed by atoms with Crippen LogP contribution >= 0.6 is 27.3 Å². The van der Waals surface area contributed by atoms with E-state index in [1.165, 1.54) is 30.6 Å². The van der Waals surface area contributed by atoms with Crippen molar-refractivity contribution in [1.29, 1.82) is 0 Å². The predicted octanol–water partition coefficient (Wildman–Crippen LogP) is 3.09. The molecule has 1 aromatic rings. The van der Waals surface area contributed by atoms with Crippen LogP contribution in [-0.4, -0.2) is 24.5 Å².